The molecular weight excluding hydrogens is 186 g/mol. The fraction of sp³-hybridized carbons (Fsp3) is 0.538. The summed E-state index contributed by atoms with van der Waals surface area (Å²) >= 11 is 0. The fourth-order valence-electron chi connectivity index (χ4n) is 2.33. The standard InChI is InChI=1S/C13H19NO/c1-14-10-12-8-5-9-15-13(12)11-6-3-2-4-7-11/h2-4,6-7,12-14H,5,8-10H2,1H3/t12-,13+/m0/s1. The van der Waals surface area contributed by atoms with Crippen LogP contribution in [0.4, 0.5) is 0 Å². The third-order valence-electron chi connectivity index (χ3n) is 3.04. The summed E-state index contributed by atoms with van der Waals surface area (Å²) in [7, 11) is 2.01. The van der Waals surface area contributed by atoms with E-state index in [-0.39, 0.29) is 6.10 Å². The molecule has 2 rings (SSSR count). The van der Waals surface area contributed by atoms with Gasteiger partial charge in [-0.1, -0.05) is 30.3 Å². The molecule has 1 aromatic carbocycles. The maximum Gasteiger partial charge on any atom is 0.0865 e. The van der Waals surface area contributed by atoms with Crippen molar-refractivity contribution in [1.29, 1.82) is 0 Å². The third kappa shape index (κ3) is 2.58. The molecule has 1 saturated heterocycles. The lowest BCUT2D eigenvalue weighted by atomic mass is 9.89. The Morgan fingerprint density at radius 2 is 2.13 bits per heavy atom. The second-order valence-electron chi connectivity index (χ2n) is 4.16. The quantitative estimate of drug-likeness (QED) is 0.818. The van der Waals surface area contributed by atoms with E-state index in [4.69, 9.17) is 4.74 Å². The predicted octanol–water partition coefficient (Wildman–Crippen LogP) is 2.37. The minimum atomic E-state index is 0.285. The summed E-state index contributed by atoms with van der Waals surface area (Å²) in [6.45, 7) is 1.94. The highest BCUT2D eigenvalue weighted by molar-refractivity contribution is 5.18. The largest absolute Gasteiger partial charge is 0.373 e. The number of benzene rings is 1. The Hall–Kier alpha value is -0.860. The van der Waals surface area contributed by atoms with Crippen LogP contribution in [-0.4, -0.2) is 20.2 Å². The molecule has 0 aromatic heterocycles. The Labute approximate surface area is 91.6 Å². The van der Waals surface area contributed by atoms with Gasteiger partial charge in [0.05, 0.1) is 6.10 Å². The molecule has 0 saturated carbocycles. The number of nitrogens with one attached hydrogen (secondary N) is 1. The van der Waals surface area contributed by atoms with Crippen LogP contribution in [0.3, 0.4) is 0 Å². The van der Waals surface area contributed by atoms with Crippen molar-refractivity contribution in [3.8, 4) is 0 Å². The topological polar surface area (TPSA) is 21.3 Å². The highest BCUT2D eigenvalue weighted by Gasteiger charge is 2.26. The van der Waals surface area contributed by atoms with Crippen molar-refractivity contribution >= 4 is 0 Å². The van der Waals surface area contributed by atoms with Crippen molar-refractivity contribution in [2.75, 3.05) is 20.2 Å². The Morgan fingerprint density at radius 1 is 1.33 bits per heavy atom. The fourth-order valence-corrected chi connectivity index (χ4v) is 2.33. The maximum absolute atomic E-state index is 5.89. The monoisotopic (exact) mass is 205 g/mol. The normalized spacial score (nSPS) is 26.5. The van der Waals surface area contributed by atoms with Gasteiger partial charge >= 0.3 is 0 Å². The van der Waals surface area contributed by atoms with Crippen molar-refractivity contribution in [3.05, 3.63) is 35.9 Å². The van der Waals surface area contributed by atoms with Gasteiger partial charge in [0.1, 0.15) is 0 Å². The van der Waals surface area contributed by atoms with E-state index in [1.54, 1.807) is 0 Å². The third-order valence-corrected chi connectivity index (χ3v) is 3.04. The first-order valence-electron chi connectivity index (χ1n) is 5.73. The minimum Gasteiger partial charge on any atom is -0.373 e. The average Bonchev–Trinajstić information content (AvgIpc) is 2.31. The molecule has 2 heteroatoms. The molecule has 0 aliphatic carbocycles. The summed E-state index contributed by atoms with van der Waals surface area (Å²) in [5.41, 5.74) is 1.32. The molecule has 0 unspecified atom stereocenters. The van der Waals surface area contributed by atoms with E-state index >= 15 is 0 Å². The zero-order chi connectivity index (χ0) is 10.5. The van der Waals surface area contributed by atoms with E-state index in [1.807, 2.05) is 7.05 Å². The minimum absolute atomic E-state index is 0.285. The molecule has 82 valence electrons. The molecule has 1 N–H and O–H groups in total. The van der Waals surface area contributed by atoms with Crippen LogP contribution in [0.2, 0.25) is 0 Å². The molecule has 1 heterocycles. The number of ether oxygens (including phenoxy) is 1. The molecule has 2 atom stereocenters. The van der Waals surface area contributed by atoms with Crippen molar-refractivity contribution in [3.63, 3.8) is 0 Å². The van der Waals surface area contributed by atoms with Crippen molar-refractivity contribution < 1.29 is 4.74 Å². The first-order valence-corrected chi connectivity index (χ1v) is 5.73. The van der Waals surface area contributed by atoms with Crippen LogP contribution in [-0.2, 0) is 4.74 Å². The number of rotatable bonds is 3. The second kappa shape index (κ2) is 5.29. The molecule has 1 aliphatic rings. The Kier molecular flexibility index (Phi) is 3.75. The SMILES string of the molecule is CNC[C@@H]1CCCO[C@@H]1c1ccccc1. The Morgan fingerprint density at radius 3 is 2.87 bits per heavy atom. The van der Waals surface area contributed by atoms with Gasteiger partial charge in [0.15, 0.2) is 0 Å². The van der Waals surface area contributed by atoms with Gasteiger partial charge in [-0.15, -0.1) is 0 Å². The highest BCUT2D eigenvalue weighted by Crippen LogP contribution is 2.32. The molecule has 0 bridgehead atoms. The number of hydrogen-bond donors (Lipinski definition) is 1. The zero-order valence-electron chi connectivity index (χ0n) is 9.28. The highest BCUT2D eigenvalue weighted by atomic mass is 16.5. The lowest BCUT2D eigenvalue weighted by Crippen LogP contribution is -2.30. The van der Waals surface area contributed by atoms with Gasteiger partial charge in [-0.2, -0.15) is 0 Å². The predicted molar refractivity (Wildman–Crippen MR) is 61.8 cm³/mol. The van der Waals surface area contributed by atoms with E-state index in [9.17, 15) is 0 Å². The van der Waals surface area contributed by atoms with E-state index in [2.05, 4.69) is 35.6 Å². The van der Waals surface area contributed by atoms with Crippen LogP contribution in [0.25, 0.3) is 0 Å². The van der Waals surface area contributed by atoms with Crippen LogP contribution >= 0.6 is 0 Å². The van der Waals surface area contributed by atoms with E-state index in [0.29, 0.717) is 5.92 Å². The molecule has 0 amide bonds. The lowest BCUT2D eigenvalue weighted by Gasteiger charge is -2.32. The van der Waals surface area contributed by atoms with Gasteiger partial charge in [0.2, 0.25) is 0 Å². The summed E-state index contributed by atoms with van der Waals surface area (Å²) in [6, 6.07) is 10.6. The summed E-state index contributed by atoms with van der Waals surface area (Å²) in [5, 5.41) is 3.26. The van der Waals surface area contributed by atoms with Crippen molar-refractivity contribution in [2.45, 2.75) is 18.9 Å². The first-order chi connectivity index (χ1) is 7.42. The van der Waals surface area contributed by atoms with Gasteiger partial charge in [0.25, 0.3) is 0 Å². The van der Waals surface area contributed by atoms with Gasteiger partial charge in [-0.3, -0.25) is 0 Å². The van der Waals surface area contributed by atoms with Gasteiger partial charge in [0, 0.05) is 19.1 Å². The van der Waals surface area contributed by atoms with Crippen LogP contribution in [0.1, 0.15) is 24.5 Å². The van der Waals surface area contributed by atoms with E-state index in [0.717, 1.165) is 13.2 Å². The van der Waals surface area contributed by atoms with E-state index < -0.39 is 0 Å². The lowest BCUT2D eigenvalue weighted by molar-refractivity contribution is -0.0272. The van der Waals surface area contributed by atoms with E-state index in [1.165, 1.54) is 18.4 Å². The molecule has 15 heavy (non-hydrogen) atoms. The maximum atomic E-state index is 5.89. The zero-order valence-corrected chi connectivity index (χ0v) is 9.28. The summed E-state index contributed by atoms with van der Waals surface area (Å²) in [6.07, 6.45) is 2.74. The summed E-state index contributed by atoms with van der Waals surface area (Å²) in [5.74, 6) is 0.617. The molecule has 0 spiro atoms. The van der Waals surface area contributed by atoms with Gasteiger partial charge in [-0.05, 0) is 25.5 Å². The van der Waals surface area contributed by atoms with Crippen LogP contribution < -0.4 is 5.32 Å². The van der Waals surface area contributed by atoms with Crippen molar-refractivity contribution in [2.24, 2.45) is 5.92 Å². The van der Waals surface area contributed by atoms with Crippen LogP contribution in [0.15, 0.2) is 30.3 Å². The smallest absolute Gasteiger partial charge is 0.0865 e. The molecule has 1 aromatic rings. The average molecular weight is 205 g/mol. The van der Waals surface area contributed by atoms with Gasteiger partial charge < -0.3 is 10.1 Å². The molecule has 1 fully saturated rings. The van der Waals surface area contributed by atoms with Crippen LogP contribution in [0, 0.1) is 5.92 Å². The molecule has 1 aliphatic heterocycles. The van der Waals surface area contributed by atoms with Gasteiger partial charge in [-0.25, -0.2) is 0 Å². The summed E-state index contributed by atoms with van der Waals surface area (Å²) < 4.78 is 5.89. The number of hydrogen-bond acceptors (Lipinski definition) is 2. The molecule has 2 nitrogen and oxygen atoms in total. The Balaban J connectivity index is 2.11. The van der Waals surface area contributed by atoms with Crippen LogP contribution in [0.5, 0.6) is 0 Å². The molecular formula is C13H19NO. The second-order valence-corrected chi connectivity index (χ2v) is 4.16. The molecule has 0 radical (unpaired) electrons. The summed E-state index contributed by atoms with van der Waals surface area (Å²) in [4.78, 5) is 0. The Bertz CT molecular complexity index is 284. The van der Waals surface area contributed by atoms with Crippen molar-refractivity contribution in [1.82, 2.24) is 5.32 Å². The first kappa shape index (κ1) is 10.7.